The van der Waals surface area contributed by atoms with E-state index in [4.69, 9.17) is 4.74 Å². The van der Waals surface area contributed by atoms with Crippen molar-refractivity contribution < 1.29 is 14.3 Å². The quantitative estimate of drug-likeness (QED) is 0.551. The van der Waals surface area contributed by atoms with Crippen molar-refractivity contribution >= 4 is 11.8 Å². The van der Waals surface area contributed by atoms with Gasteiger partial charge in [0.1, 0.15) is 11.9 Å². The number of ether oxygens (including phenoxy) is 1. The van der Waals surface area contributed by atoms with Crippen molar-refractivity contribution in [2.75, 3.05) is 13.1 Å². The lowest BCUT2D eigenvalue weighted by Gasteiger charge is -2.64. The number of piperidine rings is 1. The van der Waals surface area contributed by atoms with Gasteiger partial charge in [0.25, 0.3) is 0 Å². The molecule has 0 aromatic carbocycles. The molecule has 5 atom stereocenters. The Bertz CT molecular complexity index is 555. The molecule has 4 rings (SSSR count). The Morgan fingerprint density at radius 1 is 1.41 bits per heavy atom. The van der Waals surface area contributed by atoms with Crippen molar-refractivity contribution in [1.29, 1.82) is 0 Å². The molecule has 120 valence electrons. The number of rotatable bonds is 1. The molecule has 2 heterocycles. The van der Waals surface area contributed by atoms with Gasteiger partial charge in [-0.05, 0) is 44.2 Å². The van der Waals surface area contributed by atoms with Gasteiger partial charge in [0.2, 0.25) is 0 Å². The third kappa shape index (κ3) is 1.79. The van der Waals surface area contributed by atoms with Gasteiger partial charge in [0.15, 0.2) is 0 Å². The van der Waals surface area contributed by atoms with Crippen LogP contribution in [0.15, 0.2) is 11.6 Å². The molecule has 1 spiro atoms. The monoisotopic (exact) mass is 303 g/mol. The van der Waals surface area contributed by atoms with E-state index in [1.807, 2.05) is 0 Å². The Morgan fingerprint density at radius 2 is 2.23 bits per heavy atom. The second-order valence-electron chi connectivity index (χ2n) is 7.55. The van der Waals surface area contributed by atoms with E-state index in [1.54, 1.807) is 0 Å². The molecular weight excluding hydrogens is 278 g/mol. The average Bonchev–Trinajstić information content (AvgIpc) is 2.47. The molecule has 22 heavy (non-hydrogen) atoms. The first kappa shape index (κ1) is 14.4. The zero-order valence-corrected chi connectivity index (χ0v) is 13.5. The van der Waals surface area contributed by atoms with Gasteiger partial charge >= 0.3 is 5.97 Å². The summed E-state index contributed by atoms with van der Waals surface area (Å²) in [5, 5.41) is 0. The van der Waals surface area contributed by atoms with Crippen LogP contribution in [-0.2, 0) is 14.3 Å². The second kappa shape index (κ2) is 4.92. The molecule has 0 radical (unpaired) electrons. The molecule has 0 unspecified atom stereocenters. The minimum absolute atomic E-state index is 0.00708. The fraction of sp³-hybridized carbons (Fsp3) is 0.778. The van der Waals surface area contributed by atoms with Crippen LogP contribution in [0.2, 0.25) is 0 Å². The van der Waals surface area contributed by atoms with Gasteiger partial charge in [-0.2, -0.15) is 0 Å². The van der Waals surface area contributed by atoms with E-state index in [9.17, 15) is 9.59 Å². The van der Waals surface area contributed by atoms with Crippen molar-refractivity contribution in [2.24, 2.45) is 17.8 Å². The number of nitrogens with zero attached hydrogens (tertiary/aromatic N) is 1. The summed E-state index contributed by atoms with van der Waals surface area (Å²) in [4.78, 5) is 26.9. The Labute approximate surface area is 131 Å². The smallest absolute Gasteiger partial charge is 0.302 e. The molecule has 3 fully saturated rings. The number of carbonyl (C=O) groups is 2. The number of esters is 1. The molecule has 0 aromatic heterocycles. The van der Waals surface area contributed by atoms with Crippen LogP contribution in [0.1, 0.15) is 46.0 Å². The largest absolute Gasteiger partial charge is 0.462 e. The van der Waals surface area contributed by atoms with Gasteiger partial charge in [-0.1, -0.05) is 13.0 Å². The molecule has 4 nitrogen and oxygen atoms in total. The lowest BCUT2D eigenvalue weighted by Crippen LogP contribution is -2.70. The highest BCUT2D eigenvalue weighted by atomic mass is 16.5. The summed E-state index contributed by atoms with van der Waals surface area (Å²) in [6.45, 7) is 5.78. The molecule has 2 saturated carbocycles. The van der Waals surface area contributed by atoms with E-state index in [2.05, 4.69) is 17.9 Å². The van der Waals surface area contributed by atoms with Crippen molar-refractivity contribution in [3.63, 3.8) is 0 Å². The van der Waals surface area contributed by atoms with Crippen LogP contribution in [0, 0.1) is 17.8 Å². The lowest BCUT2D eigenvalue weighted by molar-refractivity contribution is -0.169. The van der Waals surface area contributed by atoms with Crippen LogP contribution in [0.25, 0.3) is 0 Å². The van der Waals surface area contributed by atoms with E-state index in [1.165, 1.54) is 18.9 Å². The molecule has 0 aromatic rings. The maximum atomic E-state index is 12.7. The first-order valence-electron chi connectivity index (χ1n) is 8.70. The Hall–Kier alpha value is -1.16. The Morgan fingerprint density at radius 3 is 3.00 bits per heavy atom. The number of carbonyl (C=O) groups excluding carboxylic acids is 2. The van der Waals surface area contributed by atoms with Gasteiger partial charge in [-0.3, -0.25) is 14.5 Å². The maximum Gasteiger partial charge on any atom is 0.302 e. The second-order valence-corrected chi connectivity index (χ2v) is 7.55. The molecule has 4 heteroatoms. The number of hydrogen-bond donors (Lipinski definition) is 0. The van der Waals surface area contributed by atoms with E-state index in [-0.39, 0.29) is 29.4 Å². The summed E-state index contributed by atoms with van der Waals surface area (Å²) in [5.41, 5.74) is 1.36. The molecule has 1 saturated heterocycles. The highest BCUT2D eigenvalue weighted by Gasteiger charge is 2.62. The first-order chi connectivity index (χ1) is 10.5. The number of Topliss-reactive ketones (excluding diaryl/α,β-unsaturated/α-hetero) is 1. The molecule has 2 aliphatic heterocycles. The van der Waals surface area contributed by atoms with E-state index >= 15 is 0 Å². The zero-order valence-electron chi connectivity index (χ0n) is 13.5. The predicted octanol–water partition coefficient (Wildman–Crippen LogP) is 2.33. The predicted molar refractivity (Wildman–Crippen MR) is 82.2 cm³/mol. The fourth-order valence-corrected chi connectivity index (χ4v) is 5.82. The van der Waals surface area contributed by atoms with Gasteiger partial charge in [0, 0.05) is 36.8 Å². The van der Waals surface area contributed by atoms with Crippen LogP contribution in [0.5, 0.6) is 0 Å². The summed E-state index contributed by atoms with van der Waals surface area (Å²) in [6, 6.07) is 0. The molecule has 0 amide bonds. The van der Waals surface area contributed by atoms with Crippen molar-refractivity contribution in [3.8, 4) is 0 Å². The van der Waals surface area contributed by atoms with Crippen molar-refractivity contribution in [2.45, 2.75) is 57.6 Å². The molecule has 4 aliphatic rings. The van der Waals surface area contributed by atoms with Crippen LogP contribution in [-0.4, -0.2) is 41.4 Å². The van der Waals surface area contributed by atoms with Crippen LogP contribution < -0.4 is 0 Å². The summed E-state index contributed by atoms with van der Waals surface area (Å²) >= 11 is 0. The Balaban J connectivity index is 1.82. The topological polar surface area (TPSA) is 46.6 Å². The Kier molecular flexibility index (Phi) is 3.23. The number of hydrogen-bond acceptors (Lipinski definition) is 4. The molecule has 2 bridgehead atoms. The molecule has 0 N–H and O–H groups in total. The normalized spacial score (nSPS) is 44.1. The molecular formula is C18H25NO3. The van der Waals surface area contributed by atoms with E-state index in [0.29, 0.717) is 18.1 Å². The van der Waals surface area contributed by atoms with Crippen LogP contribution in [0.3, 0.4) is 0 Å². The average molecular weight is 303 g/mol. The van der Waals surface area contributed by atoms with Crippen LogP contribution in [0.4, 0.5) is 0 Å². The summed E-state index contributed by atoms with van der Waals surface area (Å²) in [5.74, 6) is 0.621. The summed E-state index contributed by atoms with van der Waals surface area (Å²) in [6.07, 6.45) is 7.21. The van der Waals surface area contributed by atoms with Crippen molar-refractivity contribution in [1.82, 2.24) is 4.90 Å². The third-order valence-corrected chi connectivity index (χ3v) is 6.44. The van der Waals surface area contributed by atoms with E-state index < -0.39 is 0 Å². The number of ketones is 1. The van der Waals surface area contributed by atoms with Gasteiger partial charge in [-0.25, -0.2) is 0 Å². The highest BCUT2D eigenvalue weighted by molar-refractivity contribution is 5.88. The van der Waals surface area contributed by atoms with Crippen LogP contribution >= 0.6 is 0 Å². The third-order valence-electron chi connectivity index (χ3n) is 6.44. The standard InChI is InChI=1S/C18H25NO3/c1-11-10-18-14-5-3-7-19(18)8-4-6-15(18)16(22-12(2)20)9-13(14)17(11)21/h5,11,13,15-16H,3-4,6-10H2,1-2H3/t11-,13-,15+,16+,18+/m0/s1. The zero-order chi connectivity index (χ0) is 15.5. The van der Waals surface area contributed by atoms with Gasteiger partial charge in [0.05, 0.1) is 0 Å². The van der Waals surface area contributed by atoms with Gasteiger partial charge in [-0.15, -0.1) is 0 Å². The minimum Gasteiger partial charge on any atom is -0.462 e. The minimum atomic E-state index is -0.208. The summed E-state index contributed by atoms with van der Waals surface area (Å²) < 4.78 is 5.70. The van der Waals surface area contributed by atoms with E-state index in [0.717, 1.165) is 32.4 Å². The highest BCUT2D eigenvalue weighted by Crippen LogP contribution is 2.58. The lowest BCUT2D eigenvalue weighted by atomic mass is 9.51. The maximum absolute atomic E-state index is 12.7. The SMILES string of the molecule is CC(=O)O[C@@H]1C[C@@H]2C(=O)[C@@H](C)C[C@]34C2=CCCN3CCC[C@H]14. The van der Waals surface area contributed by atoms with Gasteiger partial charge < -0.3 is 4.74 Å². The first-order valence-corrected chi connectivity index (χ1v) is 8.70. The fourth-order valence-electron chi connectivity index (χ4n) is 5.82. The summed E-state index contributed by atoms with van der Waals surface area (Å²) in [7, 11) is 0. The molecule has 2 aliphatic carbocycles. The van der Waals surface area contributed by atoms with Crippen molar-refractivity contribution in [3.05, 3.63) is 11.6 Å².